The van der Waals surface area contributed by atoms with Crippen LogP contribution in [-0.4, -0.2) is 78.7 Å². The number of hydrogen-bond acceptors (Lipinski definition) is 8. The zero-order valence-electron chi connectivity index (χ0n) is 23.7. The van der Waals surface area contributed by atoms with Crippen LogP contribution >= 0.6 is 0 Å². The van der Waals surface area contributed by atoms with Gasteiger partial charge in [-0.15, -0.1) is 0 Å². The standard InChI is InChI=1S/C31H40N6O2/c1-5-36(6-2)17-18-38-31-33-27-19-28(25-12-8-11-23-10-7-9-22(3)29(23)25)39-21-26(27)30(34-31)37-16-15-35(4)24(20-37)13-14-32/h7-12,24,28H,5-6,13,15-21H2,1-4H3/t24-,28?/m0/s1. The maximum Gasteiger partial charge on any atom is 0.318 e. The van der Waals surface area contributed by atoms with Crippen LogP contribution in [0.4, 0.5) is 5.82 Å². The van der Waals surface area contributed by atoms with Crippen LogP contribution in [0, 0.1) is 18.3 Å². The first-order chi connectivity index (χ1) is 19.0. The fourth-order valence-corrected chi connectivity index (χ4v) is 5.86. The van der Waals surface area contributed by atoms with Crippen molar-refractivity contribution in [3.8, 4) is 12.1 Å². The van der Waals surface area contributed by atoms with Gasteiger partial charge in [-0.1, -0.05) is 50.2 Å². The molecule has 0 bridgehead atoms. The zero-order chi connectivity index (χ0) is 27.4. The number of aryl methyl sites for hydroxylation is 1. The number of aromatic nitrogens is 2. The van der Waals surface area contributed by atoms with Gasteiger partial charge in [0.1, 0.15) is 12.4 Å². The van der Waals surface area contributed by atoms with E-state index in [1.54, 1.807) is 0 Å². The average Bonchev–Trinajstić information content (AvgIpc) is 2.96. The third-order valence-electron chi connectivity index (χ3n) is 8.29. The Morgan fingerprint density at radius 2 is 1.92 bits per heavy atom. The molecule has 0 spiro atoms. The fourth-order valence-electron chi connectivity index (χ4n) is 5.86. The summed E-state index contributed by atoms with van der Waals surface area (Å²) in [5, 5.41) is 11.9. The number of likely N-dealkylation sites (N-methyl/N-ethyl adjacent to an activating group) is 2. The van der Waals surface area contributed by atoms with E-state index in [4.69, 9.17) is 19.4 Å². The van der Waals surface area contributed by atoms with Gasteiger partial charge in [0.25, 0.3) is 0 Å². The van der Waals surface area contributed by atoms with Gasteiger partial charge >= 0.3 is 6.01 Å². The first kappa shape index (κ1) is 27.3. The van der Waals surface area contributed by atoms with Crippen molar-refractivity contribution in [1.29, 1.82) is 5.26 Å². The second-order valence-corrected chi connectivity index (χ2v) is 10.6. The lowest BCUT2D eigenvalue weighted by molar-refractivity contribution is 0.0264. The van der Waals surface area contributed by atoms with E-state index in [9.17, 15) is 5.26 Å². The lowest BCUT2D eigenvalue weighted by Crippen LogP contribution is -2.52. The predicted octanol–water partition coefficient (Wildman–Crippen LogP) is 4.51. The molecule has 8 heteroatoms. The maximum atomic E-state index is 9.38. The summed E-state index contributed by atoms with van der Waals surface area (Å²) < 4.78 is 12.7. The molecule has 0 N–H and O–H groups in total. The Hall–Kier alpha value is -3.25. The Labute approximate surface area is 232 Å². The highest BCUT2D eigenvalue weighted by molar-refractivity contribution is 5.89. The SMILES string of the molecule is CCN(CC)CCOc1nc2c(c(N3CCN(C)[C@@H](CC#N)C3)n1)COC(c1cccc3cccc(C)c13)C2. The summed E-state index contributed by atoms with van der Waals surface area (Å²) in [7, 11) is 2.09. The summed E-state index contributed by atoms with van der Waals surface area (Å²) in [5.41, 5.74) is 4.49. The molecule has 2 aliphatic heterocycles. The maximum absolute atomic E-state index is 9.38. The molecule has 1 saturated heterocycles. The number of anilines is 1. The van der Waals surface area contributed by atoms with E-state index in [-0.39, 0.29) is 12.1 Å². The lowest BCUT2D eigenvalue weighted by atomic mass is 9.92. The summed E-state index contributed by atoms with van der Waals surface area (Å²) >= 11 is 0. The smallest absolute Gasteiger partial charge is 0.318 e. The zero-order valence-corrected chi connectivity index (χ0v) is 23.7. The summed E-state index contributed by atoms with van der Waals surface area (Å²) in [5.74, 6) is 0.890. The molecule has 8 nitrogen and oxygen atoms in total. The van der Waals surface area contributed by atoms with E-state index in [2.05, 4.69) is 85.0 Å². The molecule has 0 aliphatic carbocycles. The van der Waals surface area contributed by atoms with Crippen LogP contribution in [0.25, 0.3) is 10.8 Å². The van der Waals surface area contributed by atoms with Crippen LogP contribution in [0.15, 0.2) is 36.4 Å². The van der Waals surface area contributed by atoms with Gasteiger partial charge in [-0.3, -0.25) is 4.90 Å². The third kappa shape index (κ3) is 5.86. The van der Waals surface area contributed by atoms with Gasteiger partial charge < -0.3 is 19.3 Å². The molecule has 1 unspecified atom stereocenters. The minimum atomic E-state index is -0.0904. The third-order valence-corrected chi connectivity index (χ3v) is 8.29. The number of nitriles is 1. The molecule has 2 aromatic carbocycles. The van der Waals surface area contributed by atoms with E-state index < -0.39 is 0 Å². The molecular weight excluding hydrogens is 488 g/mol. The molecule has 206 valence electrons. The topological polar surface area (TPSA) is 77.8 Å². The Bertz CT molecular complexity index is 1330. The van der Waals surface area contributed by atoms with E-state index >= 15 is 0 Å². The minimum absolute atomic E-state index is 0.0904. The van der Waals surface area contributed by atoms with E-state index in [0.717, 1.165) is 56.3 Å². The van der Waals surface area contributed by atoms with Gasteiger partial charge in [-0.05, 0) is 49.0 Å². The van der Waals surface area contributed by atoms with Gasteiger partial charge in [0.05, 0.1) is 30.9 Å². The van der Waals surface area contributed by atoms with Crippen molar-refractivity contribution in [2.45, 2.75) is 52.4 Å². The molecule has 2 aliphatic rings. The number of hydrogen-bond donors (Lipinski definition) is 0. The highest BCUT2D eigenvalue weighted by Crippen LogP contribution is 2.38. The number of piperazine rings is 1. The van der Waals surface area contributed by atoms with Crippen molar-refractivity contribution in [1.82, 2.24) is 19.8 Å². The van der Waals surface area contributed by atoms with Crippen LogP contribution < -0.4 is 9.64 Å². The van der Waals surface area contributed by atoms with Crippen LogP contribution in [0.3, 0.4) is 0 Å². The van der Waals surface area contributed by atoms with Gasteiger partial charge in [-0.2, -0.15) is 15.2 Å². The minimum Gasteiger partial charge on any atom is -0.462 e. The normalized spacial score (nSPS) is 19.7. The molecule has 3 heterocycles. The molecular formula is C31H40N6O2. The molecule has 0 amide bonds. The number of rotatable bonds is 9. The summed E-state index contributed by atoms with van der Waals surface area (Å²) in [4.78, 5) is 16.8. The Kier molecular flexibility index (Phi) is 8.61. The van der Waals surface area contributed by atoms with Crippen molar-refractivity contribution < 1.29 is 9.47 Å². The van der Waals surface area contributed by atoms with Crippen LogP contribution in [-0.2, 0) is 17.8 Å². The van der Waals surface area contributed by atoms with Crippen molar-refractivity contribution in [2.75, 3.05) is 57.8 Å². The highest BCUT2D eigenvalue weighted by atomic mass is 16.5. The van der Waals surface area contributed by atoms with E-state index in [1.165, 1.54) is 21.9 Å². The van der Waals surface area contributed by atoms with Crippen LogP contribution in [0.5, 0.6) is 6.01 Å². The molecule has 2 atom stereocenters. The molecule has 39 heavy (non-hydrogen) atoms. The van der Waals surface area contributed by atoms with Crippen LogP contribution in [0.2, 0.25) is 0 Å². The Morgan fingerprint density at radius 3 is 2.69 bits per heavy atom. The van der Waals surface area contributed by atoms with Gasteiger partial charge in [0.15, 0.2) is 0 Å². The first-order valence-electron chi connectivity index (χ1n) is 14.2. The number of ether oxygens (including phenoxy) is 2. The summed E-state index contributed by atoms with van der Waals surface area (Å²) in [6.07, 6.45) is 1.07. The highest BCUT2D eigenvalue weighted by Gasteiger charge is 2.32. The number of fused-ring (bicyclic) bond motifs is 2. The molecule has 5 rings (SSSR count). The van der Waals surface area contributed by atoms with Gasteiger partial charge in [-0.25, -0.2) is 0 Å². The molecule has 1 fully saturated rings. The molecule has 0 radical (unpaired) electrons. The van der Waals surface area contributed by atoms with Crippen molar-refractivity contribution in [3.63, 3.8) is 0 Å². The second-order valence-electron chi connectivity index (χ2n) is 10.6. The van der Waals surface area contributed by atoms with Crippen molar-refractivity contribution in [2.24, 2.45) is 0 Å². The molecule has 3 aromatic rings. The van der Waals surface area contributed by atoms with Gasteiger partial charge in [0, 0.05) is 44.2 Å². The van der Waals surface area contributed by atoms with Crippen molar-refractivity contribution >= 4 is 16.6 Å². The average molecular weight is 529 g/mol. The van der Waals surface area contributed by atoms with E-state index in [0.29, 0.717) is 32.1 Å². The van der Waals surface area contributed by atoms with Crippen molar-refractivity contribution in [3.05, 3.63) is 58.8 Å². The number of nitrogens with zero attached hydrogens (tertiary/aromatic N) is 6. The predicted molar refractivity (Wildman–Crippen MR) is 154 cm³/mol. The first-order valence-corrected chi connectivity index (χ1v) is 14.2. The van der Waals surface area contributed by atoms with E-state index in [1.807, 2.05) is 0 Å². The fraction of sp³-hybridized carbons (Fsp3) is 0.516. The largest absolute Gasteiger partial charge is 0.462 e. The second kappa shape index (κ2) is 12.3. The van der Waals surface area contributed by atoms with Crippen LogP contribution in [0.1, 0.15) is 48.8 Å². The monoisotopic (exact) mass is 528 g/mol. The quantitative estimate of drug-likeness (QED) is 0.402. The molecule has 0 saturated carbocycles. The molecule has 1 aromatic heterocycles. The summed E-state index contributed by atoms with van der Waals surface area (Å²) in [6, 6.07) is 15.8. The van der Waals surface area contributed by atoms with Gasteiger partial charge in [0.2, 0.25) is 0 Å². The summed E-state index contributed by atoms with van der Waals surface area (Å²) in [6.45, 7) is 12.8. The Morgan fingerprint density at radius 1 is 1.13 bits per heavy atom. The lowest BCUT2D eigenvalue weighted by Gasteiger charge is -2.40. The number of benzene rings is 2. The Balaban J connectivity index is 1.47.